The molecule has 118 valence electrons. The Morgan fingerprint density at radius 2 is 2.36 bits per heavy atom. The molecule has 0 saturated carbocycles. The first-order valence-corrected chi connectivity index (χ1v) is 7.76. The first kappa shape index (κ1) is 16.3. The number of carbonyl (C=O) groups excluding carboxylic acids is 1. The Labute approximate surface area is 136 Å². The predicted octanol–water partition coefficient (Wildman–Crippen LogP) is 2.16. The summed E-state index contributed by atoms with van der Waals surface area (Å²) in [6.45, 7) is 6.26. The molecular weight excluding hydrogens is 298 g/mol. The third-order valence-electron chi connectivity index (χ3n) is 3.30. The van der Waals surface area contributed by atoms with Crippen LogP contribution < -0.4 is 15.4 Å². The van der Waals surface area contributed by atoms with Gasteiger partial charge in [0.25, 0.3) is 0 Å². The van der Waals surface area contributed by atoms with Crippen LogP contribution in [-0.4, -0.2) is 42.2 Å². The molecule has 1 amide bonds. The van der Waals surface area contributed by atoms with Gasteiger partial charge in [0.1, 0.15) is 12.4 Å². The van der Waals surface area contributed by atoms with E-state index < -0.39 is 0 Å². The SMILES string of the molecule is C=CCOc1cccc(NC(=S)NCCN2CCCC2=O)c1. The van der Waals surface area contributed by atoms with Gasteiger partial charge in [0.2, 0.25) is 5.91 Å². The third kappa shape index (κ3) is 5.04. The van der Waals surface area contributed by atoms with Gasteiger partial charge in [0.05, 0.1) is 0 Å². The van der Waals surface area contributed by atoms with Gasteiger partial charge >= 0.3 is 0 Å². The summed E-state index contributed by atoms with van der Waals surface area (Å²) in [4.78, 5) is 13.4. The molecule has 2 rings (SSSR count). The minimum atomic E-state index is 0.229. The molecule has 1 aliphatic rings. The summed E-state index contributed by atoms with van der Waals surface area (Å²) >= 11 is 5.25. The molecule has 1 aromatic rings. The topological polar surface area (TPSA) is 53.6 Å². The highest BCUT2D eigenvalue weighted by Gasteiger charge is 2.19. The molecule has 0 atom stereocenters. The van der Waals surface area contributed by atoms with E-state index in [-0.39, 0.29) is 5.91 Å². The van der Waals surface area contributed by atoms with Gasteiger partial charge < -0.3 is 20.3 Å². The summed E-state index contributed by atoms with van der Waals surface area (Å²) in [5.41, 5.74) is 0.858. The molecule has 0 radical (unpaired) electrons. The maximum Gasteiger partial charge on any atom is 0.222 e. The quantitative estimate of drug-likeness (QED) is 0.596. The molecule has 2 N–H and O–H groups in total. The van der Waals surface area contributed by atoms with E-state index in [1.165, 1.54) is 0 Å². The minimum absolute atomic E-state index is 0.229. The van der Waals surface area contributed by atoms with Gasteiger partial charge in [-0.15, -0.1) is 0 Å². The second kappa shape index (κ2) is 8.38. The van der Waals surface area contributed by atoms with Gasteiger partial charge in [0, 0.05) is 37.8 Å². The van der Waals surface area contributed by atoms with Crippen molar-refractivity contribution < 1.29 is 9.53 Å². The molecular formula is C16H21N3O2S. The van der Waals surface area contributed by atoms with Crippen LogP contribution in [0.15, 0.2) is 36.9 Å². The molecule has 1 fully saturated rings. The molecule has 0 bridgehead atoms. The van der Waals surface area contributed by atoms with Gasteiger partial charge in [-0.05, 0) is 30.8 Å². The van der Waals surface area contributed by atoms with Crippen LogP contribution in [0.25, 0.3) is 0 Å². The maximum absolute atomic E-state index is 11.5. The highest BCUT2D eigenvalue weighted by molar-refractivity contribution is 7.80. The maximum atomic E-state index is 11.5. The molecule has 1 aliphatic heterocycles. The number of benzene rings is 1. The minimum Gasteiger partial charge on any atom is -0.489 e. The van der Waals surface area contributed by atoms with E-state index >= 15 is 0 Å². The summed E-state index contributed by atoms with van der Waals surface area (Å²) in [7, 11) is 0. The lowest BCUT2D eigenvalue weighted by Crippen LogP contribution is -2.37. The van der Waals surface area contributed by atoms with Crippen LogP contribution in [0.4, 0.5) is 5.69 Å². The average Bonchev–Trinajstić information content (AvgIpc) is 2.91. The van der Waals surface area contributed by atoms with E-state index in [2.05, 4.69) is 17.2 Å². The summed E-state index contributed by atoms with van der Waals surface area (Å²) < 4.78 is 5.47. The Morgan fingerprint density at radius 3 is 3.09 bits per heavy atom. The molecule has 5 nitrogen and oxygen atoms in total. The number of thiocarbonyl (C=S) groups is 1. The Bertz CT molecular complexity index is 548. The van der Waals surface area contributed by atoms with E-state index in [1.54, 1.807) is 6.08 Å². The van der Waals surface area contributed by atoms with Gasteiger partial charge in [-0.1, -0.05) is 18.7 Å². The van der Waals surface area contributed by atoms with Gasteiger partial charge in [0.15, 0.2) is 5.11 Å². The number of nitrogens with zero attached hydrogens (tertiary/aromatic N) is 1. The second-order valence-electron chi connectivity index (χ2n) is 4.99. The Morgan fingerprint density at radius 1 is 1.50 bits per heavy atom. The van der Waals surface area contributed by atoms with Crippen LogP contribution in [0.1, 0.15) is 12.8 Å². The molecule has 1 aromatic carbocycles. The van der Waals surface area contributed by atoms with Crippen molar-refractivity contribution in [3.8, 4) is 5.75 Å². The lowest BCUT2D eigenvalue weighted by Gasteiger charge is -2.17. The van der Waals surface area contributed by atoms with Gasteiger partial charge in [-0.25, -0.2) is 0 Å². The Balaban J connectivity index is 1.74. The predicted molar refractivity (Wildman–Crippen MR) is 92.2 cm³/mol. The van der Waals surface area contributed by atoms with E-state index in [4.69, 9.17) is 17.0 Å². The standard InChI is InChI=1S/C16H21N3O2S/c1-2-11-21-14-6-3-5-13(12-14)18-16(22)17-8-10-19-9-4-7-15(19)20/h2-3,5-6,12H,1,4,7-11H2,(H2,17,18,22). The molecule has 1 heterocycles. The van der Waals surface area contributed by atoms with E-state index in [9.17, 15) is 4.79 Å². The zero-order valence-electron chi connectivity index (χ0n) is 12.5. The highest BCUT2D eigenvalue weighted by Crippen LogP contribution is 2.17. The smallest absolute Gasteiger partial charge is 0.222 e. The van der Waals surface area contributed by atoms with E-state index in [1.807, 2.05) is 29.2 Å². The number of rotatable bonds is 7. The van der Waals surface area contributed by atoms with Crippen LogP contribution in [0.3, 0.4) is 0 Å². The van der Waals surface area contributed by atoms with Crippen molar-refractivity contribution in [2.24, 2.45) is 0 Å². The van der Waals surface area contributed by atoms with E-state index in [0.717, 1.165) is 24.4 Å². The van der Waals surface area contributed by atoms with Gasteiger partial charge in [-0.2, -0.15) is 0 Å². The summed E-state index contributed by atoms with van der Waals surface area (Å²) in [6.07, 6.45) is 3.32. The van der Waals surface area contributed by atoms with Crippen LogP contribution in [-0.2, 0) is 4.79 Å². The van der Waals surface area contributed by atoms with Crippen LogP contribution in [0.5, 0.6) is 5.75 Å². The first-order chi connectivity index (χ1) is 10.7. The fraction of sp³-hybridized carbons (Fsp3) is 0.375. The van der Waals surface area contributed by atoms with Gasteiger partial charge in [-0.3, -0.25) is 4.79 Å². The largest absolute Gasteiger partial charge is 0.489 e. The average molecular weight is 319 g/mol. The molecule has 22 heavy (non-hydrogen) atoms. The van der Waals surface area contributed by atoms with Crippen molar-refractivity contribution in [1.29, 1.82) is 0 Å². The normalized spacial score (nSPS) is 13.8. The number of anilines is 1. The van der Waals surface area contributed by atoms with Crippen molar-refractivity contribution in [2.45, 2.75) is 12.8 Å². The summed E-state index contributed by atoms with van der Waals surface area (Å²) in [5.74, 6) is 0.989. The van der Waals surface area contributed by atoms with Crippen molar-refractivity contribution >= 4 is 28.9 Å². The monoisotopic (exact) mass is 319 g/mol. The molecule has 0 aliphatic carbocycles. The Kier molecular flexibility index (Phi) is 6.21. The van der Waals surface area contributed by atoms with Crippen molar-refractivity contribution in [2.75, 3.05) is 31.6 Å². The number of amides is 1. The van der Waals surface area contributed by atoms with Crippen LogP contribution in [0, 0.1) is 0 Å². The summed E-state index contributed by atoms with van der Waals surface area (Å²) in [6, 6.07) is 7.57. The highest BCUT2D eigenvalue weighted by atomic mass is 32.1. The number of nitrogens with one attached hydrogen (secondary N) is 2. The lowest BCUT2D eigenvalue weighted by atomic mass is 10.3. The van der Waals surface area contributed by atoms with Crippen molar-refractivity contribution in [1.82, 2.24) is 10.2 Å². The number of hydrogen-bond acceptors (Lipinski definition) is 3. The van der Waals surface area contributed by atoms with E-state index in [0.29, 0.717) is 31.2 Å². The number of ether oxygens (including phenoxy) is 1. The first-order valence-electron chi connectivity index (χ1n) is 7.35. The number of hydrogen-bond donors (Lipinski definition) is 2. The third-order valence-corrected chi connectivity index (χ3v) is 3.54. The van der Waals surface area contributed by atoms with Crippen molar-refractivity contribution in [3.63, 3.8) is 0 Å². The lowest BCUT2D eigenvalue weighted by molar-refractivity contribution is -0.127. The molecule has 0 unspecified atom stereocenters. The fourth-order valence-corrected chi connectivity index (χ4v) is 2.46. The Hall–Kier alpha value is -2.08. The van der Waals surface area contributed by atoms with Crippen molar-refractivity contribution in [3.05, 3.63) is 36.9 Å². The zero-order valence-corrected chi connectivity index (χ0v) is 13.3. The number of likely N-dealkylation sites (tertiary alicyclic amines) is 1. The molecule has 6 heteroatoms. The number of carbonyl (C=O) groups is 1. The molecule has 1 saturated heterocycles. The van der Waals surface area contributed by atoms with Crippen LogP contribution in [0.2, 0.25) is 0 Å². The fourth-order valence-electron chi connectivity index (χ4n) is 2.24. The molecule has 0 aromatic heterocycles. The second-order valence-corrected chi connectivity index (χ2v) is 5.40. The summed E-state index contributed by atoms with van der Waals surface area (Å²) in [5, 5.41) is 6.75. The zero-order chi connectivity index (χ0) is 15.8. The molecule has 0 spiro atoms. The van der Waals surface area contributed by atoms with Crippen LogP contribution >= 0.6 is 12.2 Å².